The number of nitrogens with one attached hydrogen (secondary N) is 1. The molecule has 0 radical (unpaired) electrons. The van der Waals surface area contributed by atoms with Gasteiger partial charge in [0.25, 0.3) is 5.69 Å². The maximum absolute atomic E-state index is 11.4. The van der Waals surface area contributed by atoms with E-state index in [4.69, 9.17) is 4.74 Å². The molecule has 0 saturated heterocycles. The molecule has 0 aliphatic rings. The zero-order valence-electron chi connectivity index (χ0n) is 14.1. The molecule has 0 saturated carbocycles. The maximum Gasteiger partial charge on any atom is 0.354 e. The summed E-state index contributed by atoms with van der Waals surface area (Å²) in [4.78, 5) is 28.8. The van der Waals surface area contributed by atoms with Gasteiger partial charge in [-0.1, -0.05) is 0 Å². The predicted molar refractivity (Wildman–Crippen MR) is 98.5 cm³/mol. The van der Waals surface area contributed by atoms with Gasteiger partial charge in [-0.05, 0) is 42.8 Å². The highest BCUT2D eigenvalue weighted by Gasteiger charge is 2.16. The van der Waals surface area contributed by atoms with Crippen LogP contribution in [-0.4, -0.2) is 26.0 Å². The van der Waals surface area contributed by atoms with Crippen molar-refractivity contribution in [3.8, 4) is 11.5 Å². The third-order valence-corrected chi connectivity index (χ3v) is 4.34. The fraction of sp³-hybridized carbons (Fsp3) is 0.0526. The number of carboxylic acids is 1. The second-order valence-corrected chi connectivity index (χ2v) is 6.01. The van der Waals surface area contributed by atoms with Crippen LogP contribution in [0, 0.1) is 17.0 Å². The van der Waals surface area contributed by atoms with Crippen molar-refractivity contribution < 1.29 is 19.6 Å². The van der Waals surface area contributed by atoms with E-state index in [-0.39, 0.29) is 11.4 Å². The topological polar surface area (TPSA) is 118 Å². The van der Waals surface area contributed by atoms with Gasteiger partial charge < -0.3 is 14.8 Å². The number of carbonyl (C=O) groups is 1. The highest BCUT2D eigenvalue weighted by molar-refractivity contribution is 6.11. The van der Waals surface area contributed by atoms with Gasteiger partial charge in [-0.25, -0.2) is 9.78 Å². The lowest BCUT2D eigenvalue weighted by Gasteiger charge is -2.06. The molecule has 0 bridgehead atoms. The average molecular weight is 363 g/mol. The number of ether oxygens (including phenoxy) is 1. The fourth-order valence-electron chi connectivity index (χ4n) is 3.09. The molecular formula is C19H13N3O5. The van der Waals surface area contributed by atoms with Crippen molar-refractivity contribution in [2.45, 2.75) is 6.92 Å². The summed E-state index contributed by atoms with van der Waals surface area (Å²) in [5, 5.41) is 21.6. The Hall–Kier alpha value is -3.94. The number of rotatable bonds is 4. The van der Waals surface area contributed by atoms with Crippen LogP contribution in [0.1, 0.15) is 16.1 Å². The van der Waals surface area contributed by atoms with Crippen LogP contribution >= 0.6 is 0 Å². The van der Waals surface area contributed by atoms with Gasteiger partial charge in [-0.15, -0.1) is 0 Å². The number of aromatic carboxylic acids is 1. The van der Waals surface area contributed by atoms with Crippen LogP contribution in [0.25, 0.3) is 21.8 Å². The molecule has 8 heteroatoms. The van der Waals surface area contributed by atoms with Crippen molar-refractivity contribution in [2.75, 3.05) is 0 Å². The summed E-state index contributed by atoms with van der Waals surface area (Å²) >= 11 is 0. The molecule has 4 rings (SSSR count). The van der Waals surface area contributed by atoms with Crippen LogP contribution in [0.5, 0.6) is 11.5 Å². The first-order chi connectivity index (χ1) is 12.9. The first kappa shape index (κ1) is 16.5. The molecule has 0 atom stereocenters. The minimum Gasteiger partial charge on any atom is -0.477 e. The van der Waals surface area contributed by atoms with Crippen LogP contribution < -0.4 is 4.74 Å². The number of aromatic nitrogens is 2. The lowest BCUT2D eigenvalue weighted by molar-refractivity contribution is -0.384. The van der Waals surface area contributed by atoms with E-state index >= 15 is 0 Å². The molecule has 27 heavy (non-hydrogen) atoms. The van der Waals surface area contributed by atoms with Gasteiger partial charge >= 0.3 is 5.97 Å². The van der Waals surface area contributed by atoms with Gasteiger partial charge in [0.05, 0.1) is 16.6 Å². The molecule has 134 valence electrons. The summed E-state index contributed by atoms with van der Waals surface area (Å²) in [7, 11) is 0. The number of fused-ring (bicyclic) bond motifs is 3. The number of aryl methyl sites for hydroxylation is 1. The molecule has 0 aliphatic heterocycles. The number of carboxylic acid groups (broad SMARTS) is 1. The quantitative estimate of drug-likeness (QED) is 0.409. The monoisotopic (exact) mass is 363 g/mol. The van der Waals surface area contributed by atoms with Crippen LogP contribution in [-0.2, 0) is 0 Å². The van der Waals surface area contributed by atoms with Crippen molar-refractivity contribution in [2.24, 2.45) is 0 Å². The van der Waals surface area contributed by atoms with E-state index in [1.165, 1.54) is 30.5 Å². The SMILES string of the molecule is Cc1c(C(=O)O)ncc2[nH]c3ccc(Oc4ccc([N+](=O)[O-])cc4)cc3c12. The number of pyridine rings is 1. The number of non-ortho nitro benzene ring substituents is 1. The molecule has 0 unspecified atom stereocenters. The minimum absolute atomic E-state index is 0.00471. The Bertz CT molecular complexity index is 1210. The number of hydrogen-bond donors (Lipinski definition) is 2. The maximum atomic E-state index is 11.4. The molecule has 4 aromatic rings. The van der Waals surface area contributed by atoms with Crippen LogP contribution in [0.15, 0.2) is 48.7 Å². The molecular weight excluding hydrogens is 350 g/mol. The highest BCUT2D eigenvalue weighted by atomic mass is 16.6. The third-order valence-electron chi connectivity index (χ3n) is 4.34. The zero-order chi connectivity index (χ0) is 19.1. The van der Waals surface area contributed by atoms with E-state index in [1.807, 2.05) is 6.07 Å². The highest BCUT2D eigenvalue weighted by Crippen LogP contribution is 2.33. The van der Waals surface area contributed by atoms with Crippen molar-refractivity contribution >= 4 is 33.5 Å². The minimum atomic E-state index is -1.08. The second kappa shape index (κ2) is 6.10. The molecule has 0 aliphatic carbocycles. The number of hydrogen-bond acceptors (Lipinski definition) is 5. The van der Waals surface area contributed by atoms with Crippen LogP contribution in [0.2, 0.25) is 0 Å². The summed E-state index contributed by atoms with van der Waals surface area (Å²) < 4.78 is 5.79. The van der Waals surface area contributed by atoms with Crippen molar-refractivity contribution in [1.29, 1.82) is 0 Å². The largest absolute Gasteiger partial charge is 0.477 e. The Kier molecular flexibility index (Phi) is 3.73. The van der Waals surface area contributed by atoms with Crippen LogP contribution in [0.3, 0.4) is 0 Å². The Balaban J connectivity index is 1.78. The summed E-state index contributed by atoms with van der Waals surface area (Å²) in [6.07, 6.45) is 1.50. The molecule has 2 N–H and O–H groups in total. The standard InChI is InChI=1S/C19H13N3O5/c1-10-17-14-8-13(27-12-4-2-11(3-5-12)22(25)26)6-7-15(14)21-16(17)9-20-18(10)19(23)24/h2-9,21H,1H3,(H,23,24). The first-order valence-corrected chi connectivity index (χ1v) is 8.00. The van der Waals surface area contributed by atoms with Gasteiger partial charge in [0.2, 0.25) is 0 Å². The lowest BCUT2D eigenvalue weighted by Crippen LogP contribution is -2.03. The summed E-state index contributed by atoms with van der Waals surface area (Å²) in [6.45, 7) is 1.72. The Labute approximate surface area is 152 Å². The summed E-state index contributed by atoms with van der Waals surface area (Å²) in [6, 6.07) is 11.2. The molecule has 0 spiro atoms. The third kappa shape index (κ3) is 2.82. The number of benzene rings is 2. The molecule has 2 aromatic heterocycles. The van der Waals surface area contributed by atoms with E-state index < -0.39 is 10.9 Å². The van der Waals surface area contributed by atoms with Crippen molar-refractivity contribution in [3.05, 3.63) is 70.0 Å². The van der Waals surface area contributed by atoms with E-state index in [1.54, 1.807) is 19.1 Å². The van der Waals surface area contributed by atoms with Gasteiger partial charge in [0.1, 0.15) is 11.5 Å². The Morgan fingerprint density at radius 3 is 2.52 bits per heavy atom. The first-order valence-electron chi connectivity index (χ1n) is 8.00. The van der Waals surface area contributed by atoms with E-state index in [2.05, 4.69) is 9.97 Å². The Morgan fingerprint density at radius 2 is 1.85 bits per heavy atom. The van der Waals surface area contributed by atoms with Gasteiger partial charge in [-0.2, -0.15) is 0 Å². The number of nitro groups is 1. The smallest absolute Gasteiger partial charge is 0.354 e. The van der Waals surface area contributed by atoms with Crippen molar-refractivity contribution in [1.82, 2.24) is 9.97 Å². The number of aromatic amines is 1. The van der Waals surface area contributed by atoms with Gasteiger partial charge in [0, 0.05) is 28.4 Å². The lowest BCUT2D eigenvalue weighted by atomic mass is 10.1. The summed E-state index contributed by atoms with van der Waals surface area (Å²) in [5.41, 5.74) is 2.12. The number of nitrogens with zero attached hydrogens (tertiary/aromatic N) is 2. The van der Waals surface area contributed by atoms with E-state index in [0.717, 1.165) is 21.8 Å². The second-order valence-electron chi connectivity index (χ2n) is 6.01. The van der Waals surface area contributed by atoms with Gasteiger partial charge in [-0.3, -0.25) is 10.1 Å². The van der Waals surface area contributed by atoms with E-state index in [0.29, 0.717) is 17.1 Å². The number of H-pyrrole nitrogens is 1. The molecule has 8 nitrogen and oxygen atoms in total. The molecule has 0 fully saturated rings. The van der Waals surface area contributed by atoms with Gasteiger partial charge in [0.15, 0.2) is 5.69 Å². The Morgan fingerprint density at radius 1 is 1.15 bits per heavy atom. The zero-order valence-corrected chi connectivity index (χ0v) is 14.1. The molecule has 0 amide bonds. The van der Waals surface area contributed by atoms with Crippen LogP contribution in [0.4, 0.5) is 5.69 Å². The van der Waals surface area contributed by atoms with Crippen molar-refractivity contribution in [3.63, 3.8) is 0 Å². The molecule has 2 aromatic carbocycles. The predicted octanol–water partition coefficient (Wildman–Crippen LogP) is 4.42. The normalized spacial score (nSPS) is 11.0. The fourth-order valence-corrected chi connectivity index (χ4v) is 3.09. The summed E-state index contributed by atoms with van der Waals surface area (Å²) in [5.74, 6) is -0.0863. The average Bonchev–Trinajstić information content (AvgIpc) is 3.01. The van der Waals surface area contributed by atoms with E-state index in [9.17, 15) is 20.0 Å². The number of nitro benzene ring substituents is 1. The molecule has 2 heterocycles.